The van der Waals surface area contributed by atoms with Crippen molar-refractivity contribution in [2.24, 2.45) is 0 Å². The van der Waals surface area contributed by atoms with E-state index >= 15 is 0 Å². The number of ether oxygens (including phenoxy) is 1. The van der Waals surface area contributed by atoms with Gasteiger partial charge in [-0.15, -0.1) is 0 Å². The third-order valence-electron chi connectivity index (χ3n) is 2.65. The predicted molar refractivity (Wildman–Crippen MR) is 70.6 cm³/mol. The maximum absolute atomic E-state index is 11.3. The Hall–Kier alpha value is -1.31. The number of carbonyl (C=O) groups excluding carboxylic acids is 1. The fourth-order valence-electron chi connectivity index (χ4n) is 1.57. The van der Waals surface area contributed by atoms with Crippen LogP contribution in [-0.4, -0.2) is 12.4 Å². The second kappa shape index (κ2) is 5.85. The molecule has 1 aromatic carbocycles. The molecule has 0 atom stereocenters. The third kappa shape index (κ3) is 4.59. The van der Waals surface area contributed by atoms with Gasteiger partial charge in [-0.25, -0.2) is 0 Å². The summed E-state index contributed by atoms with van der Waals surface area (Å²) < 4.78 is 5.44. The van der Waals surface area contributed by atoms with Crippen LogP contribution in [0.2, 0.25) is 0 Å². The summed E-state index contributed by atoms with van der Waals surface area (Å²) in [5.74, 6) is 0.926. The summed E-state index contributed by atoms with van der Waals surface area (Å²) >= 11 is 0. The van der Waals surface area contributed by atoms with Crippen LogP contribution in [-0.2, 0) is 10.2 Å². The Bertz CT molecular complexity index is 358. The third-order valence-corrected chi connectivity index (χ3v) is 2.65. The van der Waals surface area contributed by atoms with E-state index in [1.165, 1.54) is 5.56 Å². The van der Waals surface area contributed by atoms with E-state index in [1.807, 2.05) is 19.1 Å². The molecule has 0 aromatic heterocycles. The summed E-state index contributed by atoms with van der Waals surface area (Å²) in [6, 6.07) is 7.97. The van der Waals surface area contributed by atoms with Gasteiger partial charge in [0.25, 0.3) is 0 Å². The lowest BCUT2D eigenvalue weighted by molar-refractivity contribution is -0.121. The fourth-order valence-corrected chi connectivity index (χ4v) is 1.57. The number of hydrogen-bond acceptors (Lipinski definition) is 2. The van der Waals surface area contributed by atoms with E-state index in [9.17, 15) is 4.79 Å². The Morgan fingerprint density at radius 3 is 2.24 bits per heavy atom. The second-order valence-corrected chi connectivity index (χ2v) is 5.35. The Morgan fingerprint density at radius 1 is 1.18 bits per heavy atom. The maximum Gasteiger partial charge on any atom is 0.170 e. The highest BCUT2D eigenvalue weighted by atomic mass is 16.5. The van der Waals surface area contributed by atoms with Crippen molar-refractivity contribution in [2.45, 2.75) is 46.0 Å². The maximum atomic E-state index is 11.3. The molecule has 1 aromatic rings. The minimum absolute atomic E-state index is 0.149. The minimum atomic E-state index is 0.149. The first-order valence-electron chi connectivity index (χ1n) is 6.18. The van der Waals surface area contributed by atoms with E-state index in [2.05, 4.69) is 32.9 Å². The van der Waals surface area contributed by atoms with Crippen LogP contribution < -0.4 is 4.74 Å². The van der Waals surface area contributed by atoms with Crippen molar-refractivity contribution in [1.82, 2.24) is 0 Å². The average Bonchev–Trinajstić information content (AvgIpc) is 2.26. The first-order valence-corrected chi connectivity index (χ1v) is 6.18. The molecule has 0 aliphatic heterocycles. The van der Waals surface area contributed by atoms with Crippen molar-refractivity contribution in [3.8, 4) is 5.75 Å². The number of benzene rings is 1. The van der Waals surface area contributed by atoms with Gasteiger partial charge in [-0.1, -0.05) is 39.8 Å². The highest BCUT2D eigenvalue weighted by Gasteiger charge is 2.13. The normalized spacial score (nSPS) is 11.3. The monoisotopic (exact) mass is 234 g/mol. The molecule has 0 aliphatic rings. The van der Waals surface area contributed by atoms with Crippen LogP contribution in [0.5, 0.6) is 5.75 Å². The molecule has 0 saturated heterocycles. The van der Waals surface area contributed by atoms with Crippen LogP contribution in [0.15, 0.2) is 24.3 Å². The average molecular weight is 234 g/mol. The number of Topliss-reactive ketones (excluding diaryl/α,β-unsaturated/α-hetero) is 1. The first kappa shape index (κ1) is 13.8. The van der Waals surface area contributed by atoms with E-state index in [-0.39, 0.29) is 17.8 Å². The first-order chi connectivity index (χ1) is 7.93. The van der Waals surface area contributed by atoms with Crippen LogP contribution in [0.3, 0.4) is 0 Å². The molecule has 0 fully saturated rings. The summed E-state index contributed by atoms with van der Waals surface area (Å²) in [5.41, 5.74) is 1.42. The highest BCUT2D eigenvalue weighted by molar-refractivity contribution is 5.79. The molecule has 94 valence electrons. The molecule has 1 rings (SSSR count). The standard InChI is InChI=1S/C15H22O2/c1-5-6-13(16)11-17-14-9-7-12(8-10-14)15(2,3)4/h7-10H,5-6,11H2,1-4H3. The lowest BCUT2D eigenvalue weighted by Gasteiger charge is -2.19. The quantitative estimate of drug-likeness (QED) is 0.776. The molecule has 0 amide bonds. The Morgan fingerprint density at radius 2 is 1.76 bits per heavy atom. The largest absolute Gasteiger partial charge is 0.486 e. The topological polar surface area (TPSA) is 26.3 Å². The second-order valence-electron chi connectivity index (χ2n) is 5.35. The predicted octanol–water partition coefficient (Wildman–Crippen LogP) is 3.73. The van der Waals surface area contributed by atoms with Gasteiger partial charge < -0.3 is 4.74 Å². The van der Waals surface area contributed by atoms with Gasteiger partial charge in [0, 0.05) is 6.42 Å². The van der Waals surface area contributed by atoms with E-state index in [0.29, 0.717) is 6.42 Å². The van der Waals surface area contributed by atoms with Gasteiger partial charge in [-0.05, 0) is 29.5 Å². The lowest BCUT2D eigenvalue weighted by atomic mass is 9.87. The van der Waals surface area contributed by atoms with Gasteiger partial charge in [0.15, 0.2) is 5.78 Å². The highest BCUT2D eigenvalue weighted by Crippen LogP contribution is 2.24. The molecule has 2 nitrogen and oxygen atoms in total. The Balaban J connectivity index is 2.54. The van der Waals surface area contributed by atoms with E-state index < -0.39 is 0 Å². The van der Waals surface area contributed by atoms with E-state index in [0.717, 1.165) is 12.2 Å². The molecule has 0 aliphatic carbocycles. The van der Waals surface area contributed by atoms with Crippen molar-refractivity contribution >= 4 is 5.78 Å². The Labute approximate surface area is 104 Å². The zero-order chi connectivity index (χ0) is 12.9. The van der Waals surface area contributed by atoms with Crippen molar-refractivity contribution in [1.29, 1.82) is 0 Å². The van der Waals surface area contributed by atoms with Gasteiger partial charge in [0.1, 0.15) is 12.4 Å². The SMILES string of the molecule is CCCC(=O)COc1ccc(C(C)(C)C)cc1. The van der Waals surface area contributed by atoms with Gasteiger partial charge in [-0.2, -0.15) is 0 Å². The lowest BCUT2D eigenvalue weighted by Crippen LogP contribution is -2.12. The zero-order valence-corrected chi connectivity index (χ0v) is 11.2. The molecule has 0 N–H and O–H groups in total. The smallest absolute Gasteiger partial charge is 0.170 e. The molecule has 17 heavy (non-hydrogen) atoms. The summed E-state index contributed by atoms with van der Waals surface area (Å²) in [4.78, 5) is 11.3. The summed E-state index contributed by atoms with van der Waals surface area (Å²) in [5, 5.41) is 0. The Kier molecular flexibility index (Phi) is 4.73. The van der Waals surface area contributed by atoms with Gasteiger partial charge in [0.2, 0.25) is 0 Å². The summed E-state index contributed by atoms with van der Waals surface area (Å²) in [7, 11) is 0. The van der Waals surface area contributed by atoms with Gasteiger partial charge >= 0.3 is 0 Å². The van der Waals surface area contributed by atoms with Gasteiger partial charge in [-0.3, -0.25) is 4.79 Å². The van der Waals surface area contributed by atoms with Crippen molar-refractivity contribution in [3.63, 3.8) is 0 Å². The molecular weight excluding hydrogens is 212 g/mol. The van der Waals surface area contributed by atoms with E-state index in [4.69, 9.17) is 4.74 Å². The molecular formula is C15H22O2. The van der Waals surface area contributed by atoms with Crippen LogP contribution in [0.1, 0.15) is 46.1 Å². The van der Waals surface area contributed by atoms with Crippen LogP contribution >= 0.6 is 0 Å². The van der Waals surface area contributed by atoms with Crippen LogP contribution in [0.25, 0.3) is 0 Å². The minimum Gasteiger partial charge on any atom is -0.486 e. The van der Waals surface area contributed by atoms with Crippen molar-refractivity contribution < 1.29 is 9.53 Å². The fraction of sp³-hybridized carbons (Fsp3) is 0.533. The molecule has 0 saturated carbocycles. The van der Waals surface area contributed by atoms with Crippen molar-refractivity contribution in [3.05, 3.63) is 29.8 Å². The zero-order valence-electron chi connectivity index (χ0n) is 11.2. The van der Waals surface area contributed by atoms with Gasteiger partial charge in [0.05, 0.1) is 0 Å². The number of rotatable bonds is 5. The number of carbonyl (C=O) groups is 1. The molecule has 0 bridgehead atoms. The molecule has 0 unspecified atom stereocenters. The summed E-state index contributed by atoms with van der Waals surface area (Å²) in [6.45, 7) is 8.70. The number of ketones is 1. The summed E-state index contributed by atoms with van der Waals surface area (Å²) in [6.07, 6.45) is 1.48. The van der Waals surface area contributed by atoms with Crippen LogP contribution in [0, 0.1) is 0 Å². The van der Waals surface area contributed by atoms with E-state index in [1.54, 1.807) is 0 Å². The molecule has 0 radical (unpaired) electrons. The van der Waals surface area contributed by atoms with Crippen LogP contribution in [0.4, 0.5) is 0 Å². The molecule has 2 heteroatoms. The molecule has 0 spiro atoms. The van der Waals surface area contributed by atoms with Crippen molar-refractivity contribution in [2.75, 3.05) is 6.61 Å². The number of hydrogen-bond donors (Lipinski definition) is 0. The molecule has 0 heterocycles.